The first kappa shape index (κ1) is 19.5. The van der Waals surface area contributed by atoms with E-state index in [-0.39, 0.29) is 0 Å². The molecule has 0 bridgehead atoms. The van der Waals surface area contributed by atoms with E-state index in [0.29, 0.717) is 19.3 Å². The zero-order valence-electron chi connectivity index (χ0n) is 15.2. The van der Waals surface area contributed by atoms with Crippen LogP contribution < -0.4 is 15.4 Å². The molecule has 0 aliphatic carbocycles. The largest absolute Gasteiger partial charge is 0.492 e. The third kappa shape index (κ3) is 8.74. The van der Waals surface area contributed by atoms with E-state index >= 15 is 0 Å². The van der Waals surface area contributed by atoms with Gasteiger partial charge in [0.25, 0.3) is 0 Å². The Morgan fingerprint density at radius 1 is 1.16 bits per heavy atom. The van der Waals surface area contributed by atoms with Gasteiger partial charge >= 0.3 is 0 Å². The summed E-state index contributed by atoms with van der Waals surface area (Å²) in [6.45, 7) is 7.35. The summed E-state index contributed by atoms with van der Waals surface area (Å²) in [5.74, 6) is 1.71. The zero-order chi connectivity index (χ0) is 17.6. The molecule has 1 heterocycles. The fourth-order valence-electron chi connectivity index (χ4n) is 2.54. The second-order valence-corrected chi connectivity index (χ2v) is 5.89. The minimum Gasteiger partial charge on any atom is -0.492 e. The number of benzene rings is 1. The highest BCUT2D eigenvalue weighted by molar-refractivity contribution is 5.79. The number of hydrogen-bond donors (Lipinski definition) is 2. The van der Waals surface area contributed by atoms with Crippen LogP contribution in [-0.2, 0) is 9.47 Å². The molecule has 1 aromatic carbocycles. The van der Waals surface area contributed by atoms with Gasteiger partial charge in [-0.15, -0.1) is 0 Å². The van der Waals surface area contributed by atoms with E-state index in [2.05, 4.69) is 22.5 Å². The third-order valence-corrected chi connectivity index (χ3v) is 3.84. The standard InChI is InChI=1S/C19H31N3O3/c1-2-20-19(22-12-16-25-17-7-4-3-5-8-17)21-11-6-13-24-18-9-14-23-15-10-18/h3-5,7-8,18H,2,6,9-16H2,1H3,(H2,20,21,22). The second-order valence-electron chi connectivity index (χ2n) is 5.89. The molecule has 1 aromatic rings. The van der Waals surface area contributed by atoms with Crippen molar-refractivity contribution in [2.24, 2.45) is 4.99 Å². The van der Waals surface area contributed by atoms with Gasteiger partial charge in [-0.05, 0) is 38.3 Å². The molecule has 6 nitrogen and oxygen atoms in total. The highest BCUT2D eigenvalue weighted by Crippen LogP contribution is 2.10. The molecule has 0 aromatic heterocycles. The van der Waals surface area contributed by atoms with Crippen molar-refractivity contribution < 1.29 is 14.2 Å². The molecule has 6 heteroatoms. The number of ether oxygens (including phenoxy) is 3. The summed E-state index contributed by atoms with van der Waals surface area (Å²) in [5.41, 5.74) is 0. The van der Waals surface area contributed by atoms with Gasteiger partial charge in [0.05, 0.1) is 12.6 Å². The second kappa shape index (κ2) is 12.6. The molecule has 140 valence electrons. The first-order valence-corrected chi connectivity index (χ1v) is 9.28. The van der Waals surface area contributed by atoms with Gasteiger partial charge in [0, 0.05) is 32.9 Å². The van der Waals surface area contributed by atoms with Gasteiger partial charge in [-0.3, -0.25) is 4.99 Å². The molecule has 1 fully saturated rings. The number of hydrogen-bond acceptors (Lipinski definition) is 4. The maximum absolute atomic E-state index is 5.86. The number of guanidine groups is 1. The van der Waals surface area contributed by atoms with Crippen LogP contribution in [0.5, 0.6) is 5.75 Å². The van der Waals surface area contributed by atoms with E-state index in [1.54, 1.807) is 0 Å². The Bertz CT molecular complexity index is 476. The number of nitrogens with zero attached hydrogens (tertiary/aromatic N) is 1. The van der Waals surface area contributed by atoms with Crippen LogP contribution in [0.25, 0.3) is 0 Å². The van der Waals surface area contributed by atoms with Crippen molar-refractivity contribution in [3.8, 4) is 5.75 Å². The maximum Gasteiger partial charge on any atom is 0.191 e. The average Bonchev–Trinajstić information content (AvgIpc) is 2.66. The minimum absolute atomic E-state index is 0.360. The number of para-hydroxylation sites is 1. The smallest absolute Gasteiger partial charge is 0.191 e. The topological polar surface area (TPSA) is 64.1 Å². The molecular formula is C19H31N3O3. The van der Waals surface area contributed by atoms with Crippen molar-refractivity contribution in [3.63, 3.8) is 0 Å². The van der Waals surface area contributed by atoms with Crippen molar-refractivity contribution in [2.75, 3.05) is 46.1 Å². The summed E-state index contributed by atoms with van der Waals surface area (Å²) < 4.78 is 16.9. The first-order valence-electron chi connectivity index (χ1n) is 9.28. The van der Waals surface area contributed by atoms with Crippen LogP contribution in [0, 0.1) is 0 Å². The lowest BCUT2D eigenvalue weighted by atomic mass is 10.1. The maximum atomic E-state index is 5.86. The summed E-state index contributed by atoms with van der Waals surface area (Å²) in [6.07, 6.45) is 3.30. The molecule has 0 saturated carbocycles. The van der Waals surface area contributed by atoms with Gasteiger partial charge in [0.1, 0.15) is 12.4 Å². The van der Waals surface area contributed by atoms with Crippen LogP contribution in [-0.4, -0.2) is 58.1 Å². The molecule has 0 amide bonds. The minimum atomic E-state index is 0.360. The highest BCUT2D eigenvalue weighted by atomic mass is 16.5. The van der Waals surface area contributed by atoms with E-state index < -0.39 is 0 Å². The summed E-state index contributed by atoms with van der Waals surface area (Å²) >= 11 is 0. The lowest BCUT2D eigenvalue weighted by Crippen LogP contribution is -2.39. The SMILES string of the molecule is CCNC(=NCCCOC1CCOCC1)NCCOc1ccccc1. The Balaban J connectivity index is 1.57. The van der Waals surface area contributed by atoms with Crippen LogP contribution >= 0.6 is 0 Å². The molecule has 2 rings (SSSR count). The fraction of sp³-hybridized carbons (Fsp3) is 0.632. The molecule has 2 N–H and O–H groups in total. The molecule has 0 radical (unpaired) electrons. The van der Waals surface area contributed by atoms with E-state index in [4.69, 9.17) is 14.2 Å². The Labute approximate surface area is 151 Å². The van der Waals surface area contributed by atoms with Gasteiger partial charge in [-0.2, -0.15) is 0 Å². The van der Waals surface area contributed by atoms with Crippen LogP contribution in [0.3, 0.4) is 0 Å². The zero-order valence-corrected chi connectivity index (χ0v) is 15.2. The van der Waals surface area contributed by atoms with Crippen molar-refractivity contribution in [1.29, 1.82) is 0 Å². The van der Waals surface area contributed by atoms with E-state index in [1.165, 1.54) is 0 Å². The lowest BCUT2D eigenvalue weighted by molar-refractivity contribution is -0.0318. The monoisotopic (exact) mass is 349 g/mol. The first-order chi connectivity index (χ1) is 12.4. The van der Waals surface area contributed by atoms with Crippen LogP contribution in [0.4, 0.5) is 0 Å². The summed E-state index contributed by atoms with van der Waals surface area (Å²) in [5, 5.41) is 6.54. The van der Waals surface area contributed by atoms with E-state index in [1.807, 2.05) is 30.3 Å². The number of rotatable bonds is 10. The van der Waals surface area contributed by atoms with E-state index in [9.17, 15) is 0 Å². The van der Waals surface area contributed by atoms with Gasteiger partial charge < -0.3 is 24.8 Å². The molecule has 0 atom stereocenters. The molecule has 25 heavy (non-hydrogen) atoms. The quantitative estimate of drug-likeness (QED) is 0.385. The van der Waals surface area contributed by atoms with Crippen LogP contribution in [0.1, 0.15) is 26.2 Å². The Morgan fingerprint density at radius 3 is 2.72 bits per heavy atom. The van der Waals surface area contributed by atoms with Crippen molar-refractivity contribution in [1.82, 2.24) is 10.6 Å². The Morgan fingerprint density at radius 2 is 1.96 bits per heavy atom. The molecule has 0 unspecified atom stereocenters. The number of aliphatic imine (C=N–C) groups is 1. The lowest BCUT2D eigenvalue weighted by Gasteiger charge is -2.22. The van der Waals surface area contributed by atoms with Crippen LogP contribution in [0.15, 0.2) is 35.3 Å². The summed E-state index contributed by atoms with van der Waals surface area (Å²) in [6, 6.07) is 9.83. The van der Waals surface area contributed by atoms with Gasteiger partial charge in [-0.25, -0.2) is 0 Å². The summed E-state index contributed by atoms with van der Waals surface area (Å²) in [4.78, 5) is 4.57. The van der Waals surface area contributed by atoms with E-state index in [0.717, 1.165) is 63.9 Å². The normalized spacial score (nSPS) is 15.8. The van der Waals surface area contributed by atoms with Crippen molar-refractivity contribution in [3.05, 3.63) is 30.3 Å². The average molecular weight is 349 g/mol. The Hall–Kier alpha value is -1.79. The molecule has 1 aliphatic rings. The molecular weight excluding hydrogens is 318 g/mol. The third-order valence-electron chi connectivity index (χ3n) is 3.84. The van der Waals surface area contributed by atoms with Crippen molar-refractivity contribution in [2.45, 2.75) is 32.3 Å². The predicted molar refractivity (Wildman–Crippen MR) is 100 cm³/mol. The van der Waals surface area contributed by atoms with Gasteiger partial charge in [0.15, 0.2) is 5.96 Å². The van der Waals surface area contributed by atoms with Gasteiger partial charge in [-0.1, -0.05) is 18.2 Å². The highest BCUT2D eigenvalue weighted by Gasteiger charge is 2.13. The molecule has 1 aliphatic heterocycles. The number of nitrogens with one attached hydrogen (secondary N) is 2. The van der Waals surface area contributed by atoms with Gasteiger partial charge in [0.2, 0.25) is 0 Å². The predicted octanol–water partition coefficient (Wildman–Crippen LogP) is 2.21. The molecule has 0 spiro atoms. The van der Waals surface area contributed by atoms with Crippen molar-refractivity contribution >= 4 is 5.96 Å². The van der Waals surface area contributed by atoms with Crippen LogP contribution in [0.2, 0.25) is 0 Å². The Kier molecular flexibility index (Phi) is 9.81. The molecule has 1 saturated heterocycles. The summed E-state index contributed by atoms with van der Waals surface area (Å²) in [7, 11) is 0. The fourth-order valence-corrected chi connectivity index (χ4v) is 2.54.